The van der Waals surface area contributed by atoms with E-state index in [0.717, 1.165) is 0 Å². The summed E-state index contributed by atoms with van der Waals surface area (Å²) in [5.41, 5.74) is 2.45. The molecule has 0 aliphatic carbocycles. The molecule has 1 heterocycles. The van der Waals surface area contributed by atoms with E-state index in [9.17, 15) is 9.35 Å². The zero-order valence-electron chi connectivity index (χ0n) is 15.5. The average Bonchev–Trinajstić information content (AvgIpc) is 2.94. The molecule has 0 aliphatic rings. The maximum Gasteiger partial charge on any atom is 0.338 e. The molecule has 0 radical (unpaired) electrons. The molecule has 0 N–H and O–H groups in total. The second-order valence-electron chi connectivity index (χ2n) is 6.69. The van der Waals surface area contributed by atoms with E-state index in [2.05, 4.69) is 9.55 Å². The minimum absolute atomic E-state index is 0.289. The lowest BCUT2D eigenvalue weighted by Gasteiger charge is -2.18. The predicted molar refractivity (Wildman–Crippen MR) is 103 cm³/mol. The summed E-state index contributed by atoms with van der Waals surface area (Å²) in [7, 11) is 1.30. The van der Waals surface area contributed by atoms with Crippen LogP contribution in [0.4, 0.5) is 0 Å². The van der Waals surface area contributed by atoms with Crippen LogP contribution in [0.2, 0.25) is 5.02 Å². The normalized spacial score (nSPS) is 13.6. The Morgan fingerprint density at radius 1 is 1.38 bits per heavy atom. The Morgan fingerprint density at radius 3 is 2.62 bits per heavy atom. The quantitative estimate of drug-likeness (QED) is 0.435. The van der Waals surface area contributed by atoms with E-state index in [0.29, 0.717) is 33.3 Å². The molecule has 140 valence electrons. The number of rotatable bonds is 4. The van der Waals surface area contributed by atoms with Gasteiger partial charge < -0.3 is 13.8 Å². The van der Waals surface area contributed by atoms with Crippen molar-refractivity contribution in [3.05, 3.63) is 40.2 Å². The maximum absolute atomic E-state index is 12.3. The molecule has 1 atom stereocenters. The zero-order chi connectivity index (χ0) is 19.6. The van der Waals surface area contributed by atoms with Crippen LogP contribution in [0.3, 0.4) is 0 Å². The molecule has 0 amide bonds. The molecular weight excluding hydrogens is 376 g/mol. The molecule has 8 heteroatoms. The molecule has 1 aromatic carbocycles. The molecular formula is C18H21ClN2O4S. The molecule has 0 saturated heterocycles. The van der Waals surface area contributed by atoms with E-state index in [-0.39, 0.29) is 5.56 Å². The number of benzene rings is 1. The number of hydrogen-bond acceptors (Lipinski definition) is 6. The maximum atomic E-state index is 12.3. The van der Waals surface area contributed by atoms with Gasteiger partial charge >= 0.3 is 5.97 Å². The number of hydrogen-bond donors (Lipinski definition) is 0. The zero-order valence-corrected chi connectivity index (χ0v) is 17.1. The van der Waals surface area contributed by atoms with Gasteiger partial charge in [-0.25, -0.2) is 4.79 Å². The Morgan fingerprint density at radius 2 is 2.04 bits per heavy atom. The van der Waals surface area contributed by atoms with Crippen LogP contribution in [-0.2, 0) is 16.1 Å². The number of aromatic nitrogens is 1. The lowest BCUT2D eigenvalue weighted by Crippen LogP contribution is -2.26. The monoisotopic (exact) mass is 396 g/mol. The first-order chi connectivity index (χ1) is 12.1. The Hall–Kier alpha value is -1.83. The van der Waals surface area contributed by atoms with Crippen LogP contribution in [0.15, 0.2) is 27.1 Å². The van der Waals surface area contributed by atoms with Crippen molar-refractivity contribution < 1.29 is 18.6 Å². The molecule has 0 bridgehead atoms. The molecule has 26 heavy (non-hydrogen) atoms. The first kappa shape index (κ1) is 20.5. The van der Waals surface area contributed by atoms with E-state index in [1.807, 2.05) is 20.8 Å². The number of carbonyl (C=O) groups excluding carboxylic acids is 1. The Bertz CT molecular complexity index is 855. The van der Waals surface area contributed by atoms with Crippen molar-refractivity contribution in [2.24, 2.45) is 4.40 Å². The molecule has 6 nitrogen and oxygen atoms in total. The minimum atomic E-state index is -1.46. The third-order valence-corrected chi connectivity index (χ3v) is 5.31. The van der Waals surface area contributed by atoms with Gasteiger partial charge in [-0.2, -0.15) is 0 Å². The fourth-order valence-electron chi connectivity index (χ4n) is 2.25. The van der Waals surface area contributed by atoms with Crippen molar-refractivity contribution >= 4 is 34.6 Å². The number of halogens is 1. The van der Waals surface area contributed by atoms with Crippen molar-refractivity contribution in [3.63, 3.8) is 0 Å². The molecule has 0 saturated carbocycles. The highest BCUT2D eigenvalue weighted by Gasteiger charge is 2.29. The van der Waals surface area contributed by atoms with Gasteiger partial charge in [0.15, 0.2) is 5.76 Å². The van der Waals surface area contributed by atoms with Gasteiger partial charge in [0, 0.05) is 10.6 Å². The fourth-order valence-corrected chi connectivity index (χ4v) is 3.03. The number of carbonyl (C=O) groups is 1. The van der Waals surface area contributed by atoms with Crippen LogP contribution >= 0.6 is 11.6 Å². The van der Waals surface area contributed by atoms with Crippen molar-refractivity contribution in [1.29, 1.82) is 0 Å². The molecule has 2 rings (SSSR count). The minimum Gasteiger partial charge on any atom is -0.591 e. The number of ether oxygens (including phenoxy) is 1. The Kier molecular flexibility index (Phi) is 6.16. The summed E-state index contributed by atoms with van der Waals surface area (Å²) in [5, 5.41) is 4.40. The van der Waals surface area contributed by atoms with E-state index < -0.39 is 22.1 Å². The first-order valence-electron chi connectivity index (χ1n) is 7.88. The van der Waals surface area contributed by atoms with Gasteiger partial charge in [-0.3, -0.25) is 0 Å². The van der Waals surface area contributed by atoms with Gasteiger partial charge in [-0.05, 0) is 46.8 Å². The van der Waals surface area contributed by atoms with E-state index >= 15 is 0 Å². The molecule has 0 spiro atoms. The smallest absolute Gasteiger partial charge is 0.338 e. The summed E-state index contributed by atoms with van der Waals surface area (Å²) in [6.07, 6.45) is 0. The first-order valence-corrected chi connectivity index (χ1v) is 9.37. The summed E-state index contributed by atoms with van der Waals surface area (Å²) in [4.78, 5) is 12.2. The highest BCUT2D eigenvalue weighted by molar-refractivity contribution is 7.91. The molecule has 0 unspecified atom stereocenters. The number of methoxy groups -OCH3 is 1. The molecule has 1 aromatic heterocycles. The third-order valence-electron chi connectivity index (χ3n) is 3.59. The topological polar surface area (TPSA) is 87.8 Å². The summed E-state index contributed by atoms with van der Waals surface area (Å²) in [5.74, 6) is -0.172. The Balaban J connectivity index is 2.63. The number of esters is 1. The van der Waals surface area contributed by atoms with Crippen LogP contribution < -0.4 is 0 Å². The van der Waals surface area contributed by atoms with Crippen LogP contribution in [0.1, 0.15) is 49.5 Å². The largest absolute Gasteiger partial charge is 0.591 e. The van der Waals surface area contributed by atoms with Crippen molar-refractivity contribution in [1.82, 2.24) is 5.16 Å². The second-order valence-corrected chi connectivity index (χ2v) is 9.03. The summed E-state index contributed by atoms with van der Waals surface area (Å²) in [6.45, 7) is 8.95. The number of nitrogens with zero attached hydrogens (tertiary/aromatic N) is 2. The summed E-state index contributed by atoms with van der Waals surface area (Å²) >= 11 is 4.57. The molecule has 0 fully saturated rings. The van der Waals surface area contributed by atoms with Crippen LogP contribution in [-0.4, -0.2) is 33.2 Å². The van der Waals surface area contributed by atoms with Gasteiger partial charge in [-0.15, -0.1) is 0 Å². The summed E-state index contributed by atoms with van der Waals surface area (Å²) < 4.78 is 26.4. The predicted octanol–water partition coefficient (Wildman–Crippen LogP) is 4.36. The SMILES string of the molecule is COC(=O)c1cc(Cl)ccc1-c1c(C)noc1C(C)=N[S@@+]([O-])C(C)(C)C. The standard InChI is InChI=1S/C18H21ClN2O4S/c1-10-15(13-8-7-12(19)9-14(13)17(22)24-6)16(25-20-10)11(2)21-26(23)18(3,4)5/h7-9H,1-6H3/t26-/m0/s1. The van der Waals surface area contributed by atoms with Crippen molar-refractivity contribution in [2.75, 3.05) is 7.11 Å². The van der Waals surface area contributed by atoms with Crippen LogP contribution in [0, 0.1) is 6.92 Å². The van der Waals surface area contributed by atoms with Gasteiger partial charge in [-0.1, -0.05) is 27.2 Å². The van der Waals surface area contributed by atoms with E-state index in [4.69, 9.17) is 20.9 Å². The van der Waals surface area contributed by atoms with Gasteiger partial charge in [0.25, 0.3) is 0 Å². The molecule has 0 aliphatic heterocycles. The van der Waals surface area contributed by atoms with Gasteiger partial charge in [0.2, 0.25) is 0 Å². The average molecular weight is 397 g/mol. The van der Waals surface area contributed by atoms with Crippen LogP contribution in [0.5, 0.6) is 0 Å². The summed E-state index contributed by atoms with van der Waals surface area (Å²) in [6, 6.07) is 4.89. The fraction of sp³-hybridized carbons (Fsp3) is 0.389. The highest BCUT2D eigenvalue weighted by atomic mass is 35.5. The van der Waals surface area contributed by atoms with Crippen molar-refractivity contribution in [3.8, 4) is 11.1 Å². The van der Waals surface area contributed by atoms with Crippen molar-refractivity contribution in [2.45, 2.75) is 39.4 Å². The lowest BCUT2D eigenvalue weighted by atomic mass is 9.97. The number of aryl methyl sites for hydroxylation is 1. The van der Waals surface area contributed by atoms with Gasteiger partial charge in [0.05, 0.1) is 23.9 Å². The van der Waals surface area contributed by atoms with E-state index in [1.165, 1.54) is 13.2 Å². The van der Waals surface area contributed by atoms with E-state index in [1.54, 1.807) is 26.0 Å². The lowest BCUT2D eigenvalue weighted by molar-refractivity contribution is 0.0601. The molecule has 2 aromatic rings. The highest BCUT2D eigenvalue weighted by Crippen LogP contribution is 2.33. The second kappa shape index (κ2) is 7.82. The Labute approximate surface area is 160 Å². The van der Waals surface area contributed by atoms with Crippen LogP contribution in [0.25, 0.3) is 11.1 Å². The van der Waals surface area contributed by atoms with Gasteiger partial charge in [0.1, 0.15) is 21.8 Å². The third kappa shape index (κ3) is 4.28.